The summed E-state index contributed by atoms with van der Waals surface area (Å²) < 4.78 is 0. The molecule has 21 heteroatoms. The fourth-order valence-corrected chi connectivity index (χ4v) is 4.87. The third kappa shape index (κ3) is 11.5. The summed E-state index contributed by atoms with van der Waals surface area (Å²) in [4.78, 5) is 104. The van der Waals surface area contributed by atoms with E-state index in [1.54, 1.807) is 0 Å². The van der Waals surface area contributed by atoms with Crippen LogP contribution in [0.25, 0.3) is 0 Å². The summed E-state index contributed by atoms with van der Waals surface area (Å²) in [6, 6.07) is -4.81. The van der Waals surface area contributed by atoms with Crippen molar-refractivity contribution < 1.29 is 28.8 Å². The molecule has 1 fully saturated rings. The molecule has 49 heavy (non-hydrogen) atoms. The van der Waals surface area contributed by atoms with Crippen molar-refractivity contribution >= 4 is 41.4 Å². The van der Waals surface area contributed by atoms with Crippen LogP contribution in [0, 0.1) is 0 Å². The second kappa shape index (κ2) is 17.6. The summed E-state index contributed by atoms with van der Waals surface area (Å²) in [6.07, 6.45) is 8.80. The first-order chi connectivity index (χ1) is 23.6. The van der Waals surface area contributed by atoms with Crippen LogP contribution in [0.5, 0.6) is 0 Å². The number of guanidine groups is 1. The van der Waals surface area contributed by atoms with Gasteiger partial charge < -0.3 is 58.3 Å². The maximum atomic E-state index is 13.7. The normalized spacial score (nSPS) is 21.6. The van der Waals surface area contributed by atoms with Gasteiger partial charge in [-0.2, -0.15) is 0 Å². The first-order valence-corrected chi connectivity index (χ1v) is 15.3. The standard InChI is InChI=1S/C28H39N15O6/c29-28(30)34-3-1-2-18-26(48)43-20(5-16-8-32-13-38-16)25(47)36-10-22(44)40-19(4-15-7-31-12-37-15)24(46)35-11-23(45)41-21(27(49)42-18)6-17-9-33-14-39-17/h7-9,12-14,18-21H,1-6,10-11H2,(H,31,37)(H,32,38)(H,33,39)(H,35,46)(H,36,47)(H,40,44)(H,41,45)(H,42,49)(H,43,48)(H4,29,30,34)/t18-,19-,20-,21-/m0/s1. The zero-order valence-electron chi connectivity index (χ0n) is 26.3. The number of nitrogens with one attached hydrogen (secondary N) is 9. The number of carbonyl (C=O) groups is 6. The zero-order chi connectivity index (χ0) is 35.2. The van der Waals surface area contributed by atoms with Crippen molar-refractivity contribution in [2.45, 2.75) is 56.3 Å². The van der Waals surface area contributed by atoms with Crippen molar-refractivity contribution in [1.82, 2.24) is 61.8 Å². The van der Waals surface area contributed by atoms with Gasteiger partial charge in [0.2, 0.25) is 35.4 Å². The molecule has 3 aromatic heterocycles. The second-order valence-corrected chi connectivity index (χ2v) is 11.1. The third-order valence-electron chi connectivity index (χ3n) is 7.30. The molecule has 1 aliphatic heterocycles. The molecule has 3 aromatic rings. The Morgan fingerprint density at radius 2 is 1.02 bits per heavy atom. The van der Waals surface area contributed by atoms with E-state index in [9.17, 15) is 28.8 Å². The number of nitrogens with two attached hydrogens (primary N) is 2. The summed E-state index contributed by atoms with van der Waals surface area (Å²) in [5.74, 6) is -4.45. The zero-order valence-corrected chi connectivity index (χ0v) is 26.3. The molecule has 4 atom stereocenters. The van der Waals surface area contributed by atoms with Gasteiger partial charge in [0.25, 0.3) is 0 Å². The molecule has 0 aromatic carbocycles. The highest BCUT2D eigenvalue weighted by molar-refractivity contribution is 5.97. The molecular weight excluding hydrogens is 642 g/mol. The maximum Gasteiger partial charge on any atom is 0.243 e. The first-order valence-electron chi connectivity index (χ1n) is 15.3. The van der Waals surface area contributed by atoms with Crippen LogP contribution in [0.2, 0.25) is 0 Å². The topological polar surface area (TPSA) is 325 Å². The van der Waals surface area contributed by atoms with Crippen LogP contribution in [0.4, 0.5) is 0 Å². The lowest BCUT2D eigenvalue weighted by Gasteiger charge is -2.26. The van der Waals surface area contributed by atoms with E-state index < -0.39 is 72.7 Å². The van der Waals surface area contributed by atoms with Gasteiger partial charge in [0.15, 0.2) is 5.96 Å². The molecule has 13 N–H and O–H groups in total. The molecule has 0 radical (unpaired) electrons. The highest BCUT2D eigenvalue weighted by Crippen LogP contribution is 2.07. The first kappa shape index (κ1) is 35.6. The number of nitrogens with zero attached hydrogens (tertiary/aromatic N) is 4. The van der Waals surface area contributed by atoms with Crippen LogP contribution in [0.1, 0.15) is 29.9 Å². The Morgan fingerprint density at radius 3 is 1.45 bits per heavy atom. The molecule has 4 heterocycles. The van der Waals surface area contributed by atoms with E-state index in [0.29, 0.717) is 17.1 Å². The van der Waals surface area contributed by atoms with Crippen molar-refractivity contribution in [2.24, 2.45) is 16.5 Å². The Kier molecular flexibility index (Phi) is 12.8. The summed E-state index contributed by atoms with van der Waals surface area (Å²) in [6.45, 7) is -0.949. The van der Waals surface area contributed by atoms with Crippen molar-refractivity contribution in [3.63, 3.8) is 0 Å². The van der Waals surface area contributed by atoms with E-state index >= 15 is 0 Å². The maximum absolute atomic E-state index is 13.7. The number of amides is 6. The molecule has 1 aliphatic rings. The number of aromatic nitrogens is 6. The minimum Gasteiger partial charge on any atom is -0.370 e. The number of hydrogen-bond donors (Lipinski definition) is 11. The molecule has 0 saturated carbocycles. The largest absolute Gasteiger partial charge is 0.370 e. The lowest BCUT2D eigenvalue weighted by Crippen LogP contribution is -2.59. The Balaban J connectivity index is 1.62. The number of aromatic amines is 3. The van der Waals surface area contributed by atoms with Crippen LogP contribution in [-0.2, 0) is 48.0 Å². The second-order valence-electron chi connectivity index (χ2n) is 11.1. The van der Waals surface area contributed by atoms with Crippen molar-refractivity contribution in [3.8, 4) is 0 Å². The van der Waals surface area contributed by atoms with Gasteiger partial charge in [-0.1, -0.05) is 0 Å². The SMILES string of the molecule is NC(N)=NCCC[C@@H]1NC(=O)[C@H](Cc2cnc[nH]2)NC(=O)CNC(=O)[C@H](Cc2cnc[nH]2)NC(=O)CNC(=O)[C@H](Cc2cnc[nH]2)NC1=O. The van der Waals surface area contributed by atoms with Gasteiger partial charge in [0.1, 0.15) is 24.2 Å². The van der Waals surface area contributed by atoms with Crippen LogP contribution < -0.4 is 43.4 Å². The third-order valence-corrected chi connectivity index (χ3v) is 7.30. The summed E-state index contributed by atoms with van der Waals surface area (Å²) >= 11 is 0. The van der Waals surface area contributed by atoms with E-state index in [2.05, 4.69) is 66.8 Å². The fraction of sp³-hybridized carbons (Fsp3) is 0.429. The number of rotatable bonds is 10. The van der Waals surface area contributed by atoms with Crippen LogP contribution >= 0.6 is 0 Å². The van der Waals surface area contributed by atoms with Gasteiger partial charge in [-0.25, -0.2) is 15.0 Å². The lowest BCUT2D eigenvalue weighted by atomic mass is 10.1. The molecule has 0 bridgehead atoms. The summed E-state index contributed by atoms with van der Waals surface area (Å²) in [7, 11) is 0. The van der Waals surface area contributed by atoms with Crippen LogP contribution in [0.15, 0.2) is 42.6 Å². The van der Waals surface area contributed by atoms with Gasteiger partial charge in [-0.3, -0.25) is 33.8 Å². The molecule has 1 saturated heterocycles. The molecule has 6 amide bonds. The molecule has 0 unspecified atom stereocenters. The Hall–Kier alpha value is -6.28. The molecular formula is C28H39N15O6. The van der Waals surface area contributed by atoms with Gasteiger partial charge in [-0.05, 0) is 12.8 Å². The van der Waals surface area contributed by atoms with Crippen LogP contribution in [0.3, 0.4) is 0 Å². The smallest absolute Gasteiger partial charge is 0.243 e. The van der Waals surface area contributed by atoms with Crippen LogP contribution in [-0.4, -0.2) is 115 Å². The molecule has 0 aliphatic carbocycles. The van der Waals surface area contributed by atoms with Gasteiger partial charge in [-0.15, -0.1) is 0 Å². The molecule has 4 rings (SSSR count). The molecule has 262 valence electrons. The number of aliphatic imine (C=N–C) groups is 1. The number of carbonyl (C=O) groups excluding carboxylic acids is 6. The monoisotopic (exact) mass is 681 g/mol. The van der Waals surface area contributed by atoms with Gasteiger partial charge >= 0.3 is 0 Å². The predicted molar refractivity (Wildman–Crippen MR) is 171 cm³/mol. The highest BCUT2D eigenvalue weighted by atomic mass is 16.2. The van der Waals surface area contributed by atoms with E-state index in [1.165, 1.54) is 37.6 Å². The average Bonchev–Trinajstić information content (AvgIpc) is 3.87. The minimum atomic E-state index is -1.22. The fourth-order valence-electron chi connectivity index (χ4n) is 4.87. The van der Waals surface area contributed by atoms with E-state index in [-0.39, 0.29) is 44.6 Å². The highest BCUT2D eigenvalue weighted by Gasteiger charge is 2.31. The quantitative estimate of drug-likeness (QED) is 0.0547. The minimum absolute atomic E-state index is 0.0128. The molecule has 21 nitrogen and oxygen atoms in total. The number of hydrogen-bond acceptors (Lipinski definition) is 10. The summed E-state index contributed by atoms with van der Waals surface area (Å²) in [5, 5.41) is 15.4. The van der Waals surface area contributed by atoms with E-state index in [0.717, 1.165) is 0 Å². The van der Waals surface area contributed by atoms with E-state index in [4.69, 9.17) is 11.5 Å². The molecule has 0 spiro atoms. The number of H-pyrrole nitrogens is 3. The summed E-state index contributed by atoms with van der Waals surface area (Å²) in [5.41, 5.74) is 12.4. The van der Waals surface area contributed by atoms with Crippen molar-refractivity contribution in [2.75, 3.05) is 19.6 Å². The Morgan fingerprint density at radius 1 is 0.612 bits per heavy atom. The number of imidazole rings is 3. The van der Waals surface area contributed by atoms with Gasteiger partial charge in [0.05, 0.1) is 32.1 Å². The lowest BCUT2D eigenvalue weighted by molar-refractivity contribution is -0.135. The predicted octanol–water partition coefficient (Wildman–Crippen LogP) is -4.88. The van der Waals surface area contributed by atoms with Crippen molar-refractivity contribution in [3.05, 3.63) is 54.7 Å². The average molecular weight is 682 g/mol. The Bertz CT molecular complexity index is 1550. The van der Waals surface area contributed by atoms with E-state index in [1.807, 2.05) is 0 Å². The van der Waals surface area contributed by atoms with Crippen molar-refractivity contribution in [1.29, 1.82) is 0 Å². The van der Waals surface area contributed by atoms with Gasteiger partial charge in [0, 0.05) is 61.5 Å². The Labute approximate surface area is 279 Å².